The van der Waals surface area contributed by atoms with E-state index in [2.05, 4.69) is 15.3 Å². The maximum absolute atomic E-state index is 14.1. The lowest BCUT2D eigenvalue weighted by atomic mass is 9.88. The maximum atomic E-state index is 14.1. The first-order valence-corrected chi connectivity index (χ1v) is 14.7. The van der Waals surface area contributed by atoms with Crippen molar-refractivity contribution >= 4 is 28.4 Å². The second kappa shape index (κ2) is 10.6. The molecule has 0 unspecified atom stereocenters. The van der Waals surface area contributed by atoms with Crippen molar-refractivity contribution in [2.75, 3.05) is 13.2 Å². The molecule has 228 valence electrons. The zero-order valence-electron chi connectivity index (χ0n) is 23.1. The highest BCUT2D eigenvalue weighted by molar-refractivity contribution is 6.31. The Morgan fingerprint density at radius 2 is 1.91 bits per heavy atom. The quantitative estimate of drug-likeness (QED) is 0.211. The minimum Gasteiger partial charge on any atom is -0.490 e. The molecule has 2 aliphatic carbocycles. The third-order valence-electron chi connectivity index (χ3n) is 8.32. The van der Waals surface area contributed by atoms with Crippen LogP contribution in [0.2, 0.25) is 5.02 Å². The van der Waals surface area contributed by atoms with Gasteiger partial charge in [0.2, 0.25) is 0 Å². The Hall–Kier alpha value is -3.96. The number of carbonyl (C=O) groups is 1. The second-order valence-electron chi connectivity index (χ2n) is 11.6. The van der Waals surface area contributed by atoms with E-state index in [0.29, 0.717) is 29.5 Å². The van der Waals surface area contributed by atoms with Crippen LogP contribution >= 0.6 is 11.6 Å². The van der Waals surface area contributed by atoms with Crippen LogP contribution in [0.25, 0.3) is 22.2 Å². The number of alkyl halides is 3. The Kier molecular flexibility index (Phi) is 6.93. The zero-order chi connectivity index (χ0) is 30.8. The number of ether oxygens (including phenoxy) is 2. The molecule has 44 heavy (non-hydrogen) atoms. The van der Waals surface area contributed by atoms with E-state index in [1.54, 1.807) is 24.4 Å². The van der Waals surface area contributed by atoms with Gasteiger partial charge in [-0.15, -0.1) is 0 Å². The lowest BCUT2D eigenvalue weighted by molar-refractivity contribution is -0.151. The number of benzene rings is 2. The maximum Gasteiger partial charge on any atom is 0.399 e. The van der Waals surface area contributed by atoms with Gasteiger partial charge in [-0.25, -0.2) is 9.37 Å². The summed E-state index contributed by atoms with van der Waals surface area (Å²) in [6, 6.07) is 11.7. The van der Waals surface area contributed by atoms with Crippen LogP contribution in [0.5, 0.6) is 11.5 Å². The van der Waals surface area contributed by atoms with Crippen LogP contribution < -0.4 is 14.8 Å². The van der Waals surface area contributed by atoms with Gasteiger partial charge in [-0.1, -0.05) is 17.7 Å². The summed E-state index contributed by atoms with van der Waals surface area (Å²) in [5, 5.41) is 15.3. The Balaban J connectivity index is 1.25. The van der Waals surface area contributed by atoms with E-state index < -0.39 is 36.0 Å². The van der Waals surface area contributed by atoms with E-state index in [1.165, 1.54) is 18.2 Å². The fourth-order valence-electron chi connectivity index (χ4n) is 5.62. The fraction of sp³-hybridized carbons (Fsp3) is 0.344. The van der Waals surface area contributed by atoms with Crippen LogP contribution in [-0.2, 0) is 5.60 Å². The summed E-state index contributed by atoms with van der Waals surface area (Å²) in [5.41, 5.74) is -0.890. The normalized spacial score (nSPS) is 19.3. The summed E-state index contributed by atoms with van der Waals surface area (Å²) >= 11 is 5.99. The van der Waals surface area contributed by atoms with Gasteiger partial charge in [0.15, 0.2) is 0 Å². The molecule has 0 saturated heterocycles. The number of aromatic nitrogens is 2. The molecular formula is C32H26ClF4N3O4. The molecule has 12 heteroatoms. The van der Waals surface area contributed by atoms with Gasteiger partial charge in [-0.3, -0.25) is 9.78 Å². The smallest absolute Gasteiger partial charge is 0.399 e. The SMILES string of the molecule is O=C(NC[C@](O)(c1cc2c(c(-c3ccc(F)c(Cl)c3)n1)OC[C@H]2C(F)(F)F)C1CC1)c1cc(OC2CC2)c2ncccc2c1. The molecular weight excluding hydrogens is 602 g/mol. The first kappa shape index (κ1) is 28.8. The Morgan fingerprint density at radius 3 is 2.61 bits per heavy atom. The molecule has 1 amide bonds. The molecule has 0 radical (unpaired) electrons. The average molecular weight is 628 g/mol. The number of nitrogens with one attached hydrogen (secondary N) is 1. The molecule has 2 aromatic heterocycles. The number of carbonyl (C=O) groups excluding carboxylic acids is 1. The van der Waals surface area contributed by atoms with Gasteiger partial charge < -0.3 is 19.9 Å². The zero-order valence-corrected chi connectivity index (χ0v) is 23.9. The molecule has 7 nitrogen and oxygen atoms in total. The minimum atomic E-state index is -4.63. The van der Waals surface area contributed by atoms with Crippen LogP contribution in [0, 0.1) is 11.7 Å². The number of aliphatic hydroxyl groups is 1. The summed E-state index contributed by atoms with van der Waals surface area (Å²) in [6.45, 7) is -0.972. The molecule has 7 rings (SSSR count). The lowest BCUT2D eigenvalue weighted by Crippen LogP contribution is -2.43. The Bertz CT molecular complexity index is 1790. The minimum absolute atomic E-state index is 0.000414. The van der Waals surface area contributed by atoms with Crippen molar-refractivity contribution in [1.82, 2.24) is 15.3 Å². The van der Waals surface area contributed by atoms with Crippen LogP contribution in [0.4, 0.5) is 17.6 Å². The van der Waals surface area contributed by atoms with Crippen LogP contribution in [0.3, 0.4) is 0 Å². The number of fused-ring (bicyclic) bond motifs is 2. The summed E-state index contributed by atoms with van der Waals surface area (Å²) in [4.78, 5) is 22.4. The molecule has 2 N–H and O–H groups in total. The van der Waals surface area contributed by atoms with Gasteiger partial charge in [0.05, 0.1) is 23.4 Å². The summed E-state index contributed by atoms with van der Waals surface area (Å²) in [6.07, 6.45) is 0.0895. The predicted octanol–water partition coefficient (Wildman–Crippen LogP) is 6.70. The molecule has 0 bridgehead atoms. The highest BCUT2D eigenvalue weighted by Crippen LogP contribution is 2.51. The lowest BCUT2D eigenvalue weighted by Gasteiger charge is -2.29. The second-order valence-corrected chi connectivity index (χ2v) is 12.0. The van der Waals surface area contributed by atoms with Gasteiger partial charge in [0.1, 0.15) is 46.7 Å². The Labute approximate surface area is 254 Å². The number of amides is 1. The van der Waals surface area contributed by atoms with E-state index >= 15 is 0 Å². The predicted molar refractivity (Wildman–Crippen MR) is 153 cm³/mol. The van der Waals surface area contributed by atoms with Crippen molar-refractivity contribution in [3.05, 3.63) is 82.4 Å². The first-order chi connectivity index (χ1) is 21.0. The molecule has 1 aliphatic heterocycles. The molecule has 2 saturated carbocycles. The van der Waals surface area contributed by atoms with Crippen molar-refractivity contribution in [2.45, 2.75) is 49.5 Å². The van der Waals surface area contributed by atoms with Crippen molar-refractivity contribution in [3.8, 4) is 22.8 Å². The molecule has 3 aliphatic rings. The number of halogens is 5. The molecule has 3 heterocycles. The summed E-state index contributed by atoms with van der Waals surface area (Å²) < 4.78 is 67.6. The third-order valence-corrected chi connectivity index (χ3v) is 8.61. The molecule has 2 atom stereocenters. The van der Waals surface area contributed by atoms with Gasteiger partial charge in [0.25, 0.3) is 5.91 Å². The van der Waals surface area contributed by atoms with Gasteiger partial charge in [-0.2, -0.15) is 13.2 Å². The fourth-order valence-corrected chi connectivity index (χ4v) is 5.80. The van der Waals surface area contributed by atoms with E-state index in [4.69, 9.17) is 21.1 Å². The van der Waals surface area contributed by atoms with E-state index in [9.17, 15) is 27.5 Å². The van der Waals surface area contributed by atoms with Crippen LogP contribution in [0.1, 0.15) is 53.2 Å². The topological polar surface area (TPSA) is 93.6 Å². The summed E-state index contributed by atoms with van der Waals surface area (Å²) in [7, 11) is 0. The van der Waals surface area contributed by atoms with Crippen LogP contribution in [0.15, 0.2) is 54.7 Å². The Morgan fingerprint density at radius 1 is 1.11 bits per heavy atom. The van der Waals surface area contributed by atoms with Gasteiger partial charge >= 0.3 is 6.18 Å². The number of pyridine rings is 2. The third kappa shape index (κ3) is 5.32. The van der Waals surface area contributed by atoms with E-state index in [1.807, 2.05) is 6.07 Å². The van der Waals surface area contributed by atoms with Crippen molar-refractivity contribution in [1.29, 1.82) is 0 Å². The van der Waals surface area contributed by atoms with Crippen molar-refractivity contribution in [2.24, 2.45) is 5.92 Å². The number of nitrogens with zero attached hydrogens (tertiary/aromatic N) is 2. The van der Waals surface area contributed by atoms with Gasteiger partial charge in [0, 0.05) is 28.3 Å². The molecule has 2 fully saturated rings. The monoisotopic (exact) mass is 627 g/mol. The first-order valence-electron chi connectivity index (χ1n) is 14.3. The standard InChI is InChI=1S/C32H26ClF4N3O4/c33-23-11-17(3-8-24(23)34)28-29-21(22(14-43-29)32(35,36)37)13-26(40-28)31(42,19-4-5-19)15-39-30(41)18-10-16-2-1-9-38-27(16)25(12-18)44-20-6-7-20/h1-3,8-13,19-20,22,42H,4-7,14-15H2,(H,39,41)/t22-,31-/m1/s1. The average Bonchev–Trinajstić information content (AvgIpc) is 3.94. The van der Waals surface area contributed by atoms with Crippen molar-refractivity contribution < 1.29 is 36.9 Å². The molecule has 4 aromatic rings. The number of hydrogen-bond acceptors (Lipinski definition) is 6. The summed E-state index contributed by atoms with van der Waals surface area (Å²) in [5.74, 6) is -3.14. The van der Waals surface area contributed by atoms with Crippen molar-refractivity contribution in [3.63, 3.8) is 0 Å². The van der Waals surface area contributed by atoms with Crippen LogP contribution in [-0.4, -0.2) is 46.4 Å². The number of hydrogen-bond donors (Lipinski definition) is 2. The highest BCUT2D eigenvalue weighted by atomic mass is 35.5. The van der Waals surface area contributed by atoms with E-state index in [-0.39, 0.29) is 57.4 Å². The number of rotatable bonds is 8. The molecule has 2 aromatic carbocycles. The molecule has 0 spiro atoms. The largest absolute Gasteiger partial charge is 0.490 e. The van der Waals surface area contributed by atoms with Gasteiger partial charge in [-0.05, 0) is 74.1 Å². The highest BCUT2D eigenvalue weighted by Gasteiger charge is 2.51. The van der Waals surface area contributed by atoms with E-state index in [0.717, 1.165) is 18.9 Å².